The molecule has 1 fully saturated rings. The van der Waals surface area contributed by atoms with E-state index in [9.17, 15) is 18.3 Å². The van der Waals surface area contributed by atoms with Gasteiger partial charge in [0.1, 0.15) is 6.10 Å². The highest BCUT2D eigenvalue weighted by atomic mass is 32.2. The maximum atomic E-state index is 12.7. The number of nitrogens with one attached hydrogen (secondary N) is 2. The smallest absolute Gasteiger partial charge is 0.271 e. The first-order valence-electron chi connectivity index (χ1n) is 14.0. The molecule has 42 heavy (non-hydrogen) atoms. The maximum absolute atomic E-state index is 12.7. The number of aryl methyl sites for hydroxylation is 1. The van der Waals surface area contributed by atoms with Crippen molar-refractivity contribution in [1.82, 2.24) is 39.0 Å². The summed E-state index contributed by atoms with van der Waals surface area (Å²) in [6, 6.07) is 6.02. The van der Waals surface area contributed by atoms with Crippen LogP contribution in [0.2, 0.25) is 0 Å². The number of fused-ring (bicyclic) bond motifs is 4. The minimum absolute atomic E-state index is 0.0682. The van der Waals surface area contributed by atoms with Crippen LogP contribution in [0, 0.1) is 0 Å². The van der Waals surface area contributed by atoms with Crippen molar-refractivity contribution in [3.8, 4) is 17.0 Å². The Morgan fingerprint density at radius 3 is 2.62 bits per heavy atom. The van der Waals surface area contributed by atoms with Gasteiger partial charge in [0.15, 0.2) is 0 Å². The lowest BCUT2D eigenvalue weighted by molar-refractivity contribution is 0.146. The summed E-state index contributed by atoms with van der Waals surface area (Å²) >= 11 is 0. The van der Waals surface area contributed by atoms with Gasteiger partial charge in [-0.3, -0.25) is 24.6 Å². The Hall–Kier alpha value is -3.72. The standard InChI is InChI=1S/C23H27N7O3.C5H11NO2S/c1-14-12-28(2)13-21-16(22(32)27-30(21)8-9-31)5-7-20-17-10-15(4-6-19(17)25-26-20)18-11-24-29(3)23(18)33-14;1-9(7,8)6-4-2-3-5-6/h4-7,10-11,14,31H,8-9,12-13H2,1-3H3,(H,25,26)(H,27,32);2-5H2,1H3/b7-5+;. The number of ether oxygens (including phenoxy) is 1. The number of aromatic nitrogens is 6. The van der Waals surface area contributed by atoms with Crippen molar-refractivity contribution in [1.29, 1.82) is 0 Å². The van der Waals surface area contributed by atoms with Gasteiger partial charge in [-0.25, -0.2) is 17.4 Å². The molecule has 4 aromatic rings. The van der Waals surface area contributed by atoms with Crippen molar-refractivity contribution >= 4 is 33.1 Å². The van der Waals surface area contributed by atoms with Crippen molar-refractivity contribution in [2.24, 2.45) is 7.05 Å². The lowest BCUT2D eigenvalue weighted by Crippen LogP contribution is -2.32. The monoisotopic (exact) mass is 598 g/mol. The van der Waals surface area contributed by atoms with E-state index in [1.165, 1.54) is 10.6 Å². The summed E-state index contributed by atoms with van der Waals surface area (Å²) in [5.74, 6) is 0.699. The number of likely N-dealkylation sites (N-methyl/N-ethyl adjacent to an activating group) is 1. The third-order valence-corrected chi connectivity index (χ3v) is 8.78. The molecule has 226 valence electrons. The molecule has 5 heterocycles. The van der Waals surface area contributed by atoms with Crippen LogP contribution in [0.15, 0.2) is 29.2 Å². The van der Waals surface area contributed by atoms with E-state index in [2.05, 4.69) is 31.4 Å². The zero-order valence-corrected chi connectivity index (χ0v) is 25.2. The van der Waals surface area contributed by atoms with Gasteiger partial charge in [-0.1, -0.05) is 6.07 Å². The molecule has 3 N–H and O–H groups in total. The number of aromatic amines is 2. The topological polar surface area (TPSA) is 154 Å². The van der Waals surface area contributed by atoms with Crippen LogP contribution in [0.1, 0.15) is 36.7 Å². The molecule has 14 heteroatoms. The predicted octanol–water partition coefficient (Wildman–Crippen LogP) is 1.87. The third kappa shape index (κ3) is 6.36. The third-order valence-electron chi connectivity index (χ3n) is 7.47. The molecule has 2 bridgehead atoms. The molecule has 1 unspecified atom stereocenters. The number of aliphatic hydroxyl groups excluding tert-OH is 1. The highest BCUT2D eigenvalue weighted by molar-refractivity contribution is 7.88. The summed E-state index contributed by atoms with van der Waals surface area (Å²) in [4.78, 5) is 14.8. The second kappa shape index (κ2) is 12.3. The van der Waals surface area contributed by atoms with Crippen LogP contribution in [0.5, 0.6) is 5.88 Å². The lowest BCUT2D eigenvalue weighted by atomic mass is 10.1. The van der Waals surface area contributed by atoms with Gasteiger partial charge >= 0.3 is 0 Å². The summed E-state index contributed by atoms with van der Waals surface area (Å²) in [5.41, 5.74) is 4.69. The summed E-state index contributed by atoms with van der Waals surface area (Å²) in [6.07, 6.45) is 8.68. The van der Waals surface area contributed by atoms with E-state index in [4.69, 9.17) is 4.74 Å². The Morgan fingerprint density at radius 2 is 1.93 bits per heavy atom. The van der Waals surface area contributed by atoms with Gasteiger partial charge in [-0.15, -0.1) is 0 Å². The van der Waals surface area contributed by atoms with Gasteiger partial charge in [0.2, 0.25) is 15.9 Å². The average molecular weight is 599 g/mol. The summed E-state index contributed by atoms with van der Waals surface area (Å²) in [6.45, 7) is 4.85. The first-order valence-corrected chi connectivity index (χ1v) is 15.8. The van der Waals surface area contributed by atoms with E-state index < -0.39 is 10.0 Å². The van der Waals surface area contributed by atoms with Crippen molar-refractivity contribution in [2.45, 2.75) is 39.0 Å². The summed E-state index contributed by atoms with van der Waals surface area (Å²) in [5, 5.41) is 25.2. The van der Waals surface area contributed by atoms with Crippen molar-refractivity contribution in [2.75, 3.05) is 39.5 Å². The van der Waals surface area contributed by atoms with E-state index in [0.29, 0.717) is 31.1 Å². The number of rotatable bonds is 3. The van der Waals surface area contributed by atoms with E-state index >= 15 is 0 Å². The van der Waals surface area contributed by atoms with E-state index in [1.54, 1.807) is 9.36 Å². The highest BCUT2D eigenvalue weighted by Gasteiger charge is 2.21. The Morgan fingerprint density at radius 1 is 1.17 bits per heavy atom. The molecule has 0 radical (unpaired) electrons. The molecule has 0 amide bonds. The molecule has 0 aliphatic carbocycles. The van der Waals surface area contributed by atoms with Gasteiger partial charge in [0.05, 0.1) is 53.6 Å². The van der Waals surface area contributed by atoms with Crippen LogP contribution in [-0.2, 0) is 30.2 Å². The number of hydrogen-bond donors (Lipinski definition) is 3. The number of hydrogen-bond acceptors (Lipinski definition) is 8. The van der Waals surface area contributed by atoms with Gasteiger partial charge in [-0.2, -0.15) is 10.2 Å². The molecule has 1 aromatic carbocycles. The van der Waals surface area contributed by atoms with Crippen LogP contribution in [-0.4, -0.2) is 98.1 Å². The molecule has 6 rings (SSSR count). The normalized spacial score (nSPS) is 18.9. The maximum Gasteiger partial charge on any atom is 0.271 e. The summed E-state index contributed by atoms with van der Waals surface area (Å²) in [7, 11) is 0.983. The Kier molecular flexibility index (Phi) is 8.68. The van der Waals surface area contributed by atoms with Crippen LogP contribution in [0.4, 0.5) is 0 Å². The predicted molar refractivity (Wildman–Crippen MR) is 161 cm³/mol. The molecular weight excluding hydrogens is 560 g/mol. The fourth-order valence-electron chi connectivity index (χ4n) is 5.42. The Labute approximate surface area is 244 Å². The zero-order chi connectivity index (χ0) is 30.0. The molecule has 3 aromatic heterocycles. The quantitative estimate of drug-likeness (QED) is 0.323. The second-order valence-corrected chi connectivity index (χ2v) is 12.8. The van der Waals surface area contributed by atoms with Crippen LogP contribution < -0.4 is 10.3 Å². The molecule has 0 spiro atoms. The molecule has 1 saturated heterocycles. The fourth-order valence-corrected chi connectivity index (χ4v) is 6.34. The highest BCUT2D eigenvalue weighted by Crippen LogP contribution is 2.33. The lowest BCUT2D eigenvalue weighted by Gasteiger charge is -2.23. The number of sulfonamides is 1. The number of H-pyrrole nitrogens is 2. The molecular formula is C28H38N8O5S. The van der Waals surface area contributed by atoms with Gasteiger partial charge in [0, 0.05) is 38.6 Å². The van der Waals surface area contributed by atoms with Crippen LogP contribution in [0.3, 0.4) is 0 Å². The number of benzene rings is 1. The van der Waals surface area contributed by atoms with E-state index in [-0.39, 0.29) is 18.3 Å². The number of nitrogens with zero attached hydrogens (tertiary/aromatic N) is 6. The van der Waals surface area contributed by atoms with Crippen LogP contribution in [0.25, 0.3) is 34.2 Å². The molecule has 13 nitrogen and oxygen atoms in total. The van der Waals surface area contributed by atoms with Gasteiger partial charge in [-0.05, 0) is 56.7 Å². The molecule has 2 aliphatic heterocycles. The van der Waals surface area contributed by atoms with Gasteiger partial charge < -0.3 is 9.84 Å². The minimum Gasteiger partial charge on any atom is -0.473 e. The molecule has 2 aliphatic rings. The van der Waals surface area contributed by atoms with Crippen molar-refractivity contribution in [3.05, 3.63) is 51.7 Å². The van der Waals surface area contributed by atoms with Crippen LogP contribution >= 0.6 is 0 Å². The van der Waals surface area contributed by atoms with Crippen molar-refractivity contribution < 1.29 is 18.3 Å². The van der Waals surface area contributed by atoms with Gasteiger partial charge in [0.25, 0.3) is 5.56 Å². The van der Waals surface area contributed by atoms with Crippen molar-refractivity contribution in [3.63, 3.8) is 0 Å². The SMILES string of the molecule is CC1CN(C)Cc2c(c(=O)[nH]n2CCO)/C=C/c2[nH]nc3ccc(cc23)-c2cnn(C)c2O1.CS(=O)(=O)N1CCCC1. The minimum atomic E-state index is -2.87. The van der Waals surface area contributed by atoms with E-state index in [0.717, 1.165) is 59.3 Å². The average Bonchev–Trinajstić information content (AvgIpc) is 3.72. The van der Waals surface area contributed by atoms with E-state index in [1.807, 2.05) is 51.5 Å². The fraction of sp³-hybridized carbons (Fsp3) is 0.464. The Bertz CT molecular complexity index is 1740. The largest absolute Gasteiger partial charge is 0.473 e. The Balaban J connectivity index is 0.000000336. The zero-order valence-electron chi connectivity index (χ0n) is 24.4. The molecule has 0 saturated carbocycles. The second-order valence-electron chi connectivity index (χ2n) is 10.9. The number of aliphatic hydroxyl groups is 1. The summed E-state index contributed by atoms with van der Waals surface area (Å²) < 4.78 is 32.8. The first kappa shape index (κ1) is 29.8. The first-order chi connectivity index (χ1) is 20.0. The molecule has 1 atom stereocenters.